The van der Waals surface area contributed by atoms with Crippen LogP contribution in [0.25, 0.3) is 0 Å². The fourth-order valence-electron chi connectivity index (χ4n) is 3.29. The zero-order valence-electron chi connectivity index (χ0n) is 11.1. The van der Waals surface area contributed by atoms with Crippen LogP contribution in [0.1, 0.15) is 25.7 Å². The molecule has 4 heteroatoms. The molecule has 2 fully saturated rings. The summed E-state index contributed by atoms with van der Waals surface area (Å²) in [5.74, 6) is -0.334. The van der Waals surface area contributed by atoms with E-state index < -0.39 is 0 Å². The molecule has 19 heavy (non-hydrogen) atoms. The lowest BCUT2D eigenvalue weighted by molar-refractivity contribution is 0.162. The van der Waals surface area contributed by atoms with Crippen molar-refractivity contribution in [1.82, 2.24) is 4.90 Å². The zero-order valence-corrected chi connectivity index (χ0v) is 11.9. The van der Waals surface area contributed by atoms with Crippen LogP contribution in [-0.4, -0.2) is 37.1 Å². The number of hydrogen-bond donors (Lipinski definition) is 0. The van der Waals surface area contributed by atoms with Gasteiger partial charge in [-0.15, -0.1) is 0 Å². The summed E-state index contributed by atoms with van der Waals surface area (Å²) in [4.78, 5) is 4.98. The van der Waals surface area contributed by atoms with Crippen molar-refractivity contribution < 1.29 is 4.39 Å². The summed E-state index contributed by atoms with van der Waals surface area (Å²) in [6.07, 6.45) is 5.12. The molecule has 0 spiro atoms. The second kappa shape index (κ2) is 5.68. The Labute approximate surface area is 119 Å². The molecule has 0 aromatic heterocycles. The molecule has 1 atom stereocenters. The molecule has 2 saturated heterocycles. The summed E-state index contributed by atoms with van der Waals surface area (Å²) in [7, 11) is 0. The summed E-state index contributed by atoms with van der Waals surface area (Å²) in [6.45, 7) is 4.51. The van der Waals surface area contributed by atoms with E-state index in [-0.39, 0.29) is 10.8 Å². The number of halogens is 2. The first kappa shape index (κ1) is 13.2. The van der Waals surface area contributed by atoms with E-state index >= 15 is 0 Å². The van der Waals surface area contributed by atoms with Crippen LogP contribution in [0.5, 0.6) is 0 Å². The summed E-state index contributed by atoms with van der Waals surface area (Å²) >= 11 is 5.90. The first-order valence-corrected chi connectivity index (χ1v) is 7.56. The van der Waals surface area contributed by atoms with Crippen molar-refractivity contribution in [2.75, 3.05) is 31.1 Å². The highest BCUT2D eigenvalue weighted by atomic mass is 35.5. The molecule has 2 nitrogen and oxygen atoms in total. The molecule has 0 N–H and O–H groups in total. The molecule has 0 amide bonds. The Hall–Kier alpha value is -0.800. The van der Waals surface area contributed by atoms with Crippen molar-refractivity contribution in [3.63, 3.8) is 0 Å². The largest absolute Gasteiger partial charge is 0.370 e. The van der Waals surface area contributed by atoms with Gasteiger partial charge in [0.15, 0.2) is 0 Å². The van der Waals surface area contributed by atoms with Crippen molar-refractivity contribution in [1.29, 1.82) is 0 Å². The van der Waals surface area contributed by atoms with Crippen molar-refractivity contribution in [3.05, 3.63) is 29.0 Å². The number of piperidine rings is 1. The number of hydrogen-bond acceptors (Lipinski definition) is 2. The van der Waals surface area contributed by atoms with Crippen molar-refractivity contribution in [2.45, 2.75) is 31.7 Å². The van der Waals surface area contributed by atoms with Crippen LogP contribution in [0.15, 0.2) is 18.2 Å². The first-order chi connectivity index (χ1) is 9.24. The molecule has 3 rings (SSSR count). The molecule has 2 aliphatic rings. The Morgan fingerprint density at radius 3 is 2.79 bits per heavy atom. The smallest absolute Gasteiger partial charge is 0.141 e. The van der Waals surface area contributed by atoms with Crippen LogP contribution in [0, 0.1) is 5.82 Å². The normalized spacial score (nSPS) is 24.9. The molecule has 1 aromatic carbocycles. The molecule has 0 saturated carbocycles. The highest BCUT2D eigenvalue weighted by molar-refractivity contribution is 6.31. The number of rotatable bonds is 1. The van der Waals surface area contributed by atoms with Crippen molar-refractivity contribution in [2.24, 2.45) is 0 Å². The Kier molecular flexibility index (Phi) is 3.94. The molecule has 2 heterocycles. The van der Waals surface area contributed by atoms with Crippen molar-refractivity contribution in [3.8, 4) is 0 Å². The summed E-state index contributed by atoms with van der Waals surface area (Å²) < 4.78 is 13.3. The molecular weight excluding hydrogens is 263 g/mol. The predicted octanol–water partition coefficient (Wildman–Crippen LogP) is 3.54. The minimum Gasteiger partial charge on any atom is -0.370 e. The second-order valence-corrected chi connectivity index (χ2v) is 5.99. The molecular formula is C15H20ClFN2. The lowest BCUT2D eigenvalue weighted by Crippen LogP contribution is -2.44. The topological polar surface area (TPSA) is 6.48 Å². The lowest BCUT2D eigenvalue weighted by Gasteiger charge is -2.35. The fraction of sp³-hybridized carbons (Fsp3) is 0.600. The van der Waals surface area contributed by atoms with E-state index in [4.69, 9.17) is 11.6 Å². The van der Waals surface area contributed by atoms with Gasteiger partial charge in [0.1, 0.15) is 5.82 Å². The quantitative estimate of drug-likeness (QED) is 0.777. The van der Waals surface area contributed by atoms with Crippen LogP contribution in [0.4, 0.5) is 10.1 Å². The minimum atomic E-state index is -0.334. The van der Waals surface area contributed by atoms with Gasteiger partial charge < -0.3 is 4.90 Å². The molecule has 104 valence electrons. The van der Waals surface area contributed by atoms with Crippen LogP contribution in [0.3, 0.4) is 0 Å². The van der Waals surface area contributed by atoms with Gasteiger partial charge in [0, 0.05) is 31.4 Å². The Morgan fingerprint density at radius 1 is 1.11 bits per heavy atom. The van der Waals surface area contributed by atoms with E-state index in [1.807, 2.05) is 6.07 Å². The molecule has 0 radical (unpaired) electrons. The van der Waals surface area contributed by atoms with Gasteiger partial charge in [-0.2, -0.15) is 0 Å². The third kappa shape index (κ3) is 2.87. The maximum absolute atomic E-state index is 13.3. The fourth-order valence-corrected chi connectivity index (χ4v) is 3.46. The molecule has 0 aliphatic carbocycles. The minimum absolute atomic E-state index is 0.224. The summed E-state index contributed by atoms with van der Waals surface area (Å²) in [5.41, 5.74) is 1.05. The van der Waals surface area contributed by atoms with Gasteiger partial charge in [0.2, 0.25) is 0 Å². The van der Waals surface area contributed by atoms with Gasteiger partial charge in [-0.3, -0.25) is 4.90 Å². The Morgan fingerprint density at radius 2 is 1.95 bits per heavy atom. The third-order valence-electron chi connectivity index (χ3n) is 4.32. The molecule has 2 aliphatic heterocycles. The lowest BCUT2D eigenvalue weighted by atomic mass is 10.0. The number of benzene rings is 1. The molecule has 1 unspecified atom stereocenters. The van der Waals surface area contributed by atoms with Crippen LogP contribution in [-0.2, 0) is 0 Å². The number of fused-ring (bicyclic) bond motifs is 1. The van der Waals surface area contributed by atoms with Gasteiger partial charge in [-0.25, -0.2) is 4.39 Å². The Bertz CT molecular complexity index is 452. The molecule has 0 bridgehead atoms. The average Bonchev–Trinajstić information content (AvgIpc) is 2.64. The maximum atomic E-state index is 13.3. The van der Waals surface area contributed by atoms with E-state index in [1.165, 1.54) is 44.8 Å². The monoisotopic (exact) mass is 282 g/mol. The van der Waals surface area contributed by atoms with Gasteiger partial charge >= 0.3 is 0 Å². The van der Waals surface area contributed by atoms with Crippen LogP contribution >= 0.6 is 11.6 Å². The van der Waals surface area contributed by atoms with Gasteiger partial charge in [0.25, 0.3) is 0 Å². The first-order valence-electron chi connectivity index (χ1n) is 7.18. The Balaban J connectivity index is 1.78. The number of anilines is 1. The van der Waals surface area contributed by atoms with Gasteiger partial charge in [0.05, 0.1) is 5.02 Å². The zero-order chi connectivity index (χ0) is 13.2. The summed E-state index contributed by atoms with van der Waals surface area (Å²) in [6, 6.07) is 5.73. The highest BCUT2D eigenvalue weighted by Gasteiger charge is 2.27. The van der Waals surface area contributed by atoms with Crippen molar-refractivity contribution >= 4 is 17.3 Å². The van der Waals surface area contributed by atoms with E-state index in [0.717, 1.165) is 18.8 Å². The average molecular weight is 283 g/mol. The highest BCUT2D eigenvalue weighted by Crippen LogP contribution is 2.27. The van der Waals surface area contributed by atoms with Crippen LogP contribution < -0.4 is 4.90 Å². The van der Waals surface area contributed by atoms with E-state index in [9.17, 15) is 4.39 Å². The molecule has 1 aromatic rings. The maximum Gasteiger partial charge on any atom is 0.141 e. The van der Waals surface area contributed by atoms with Gasteiger partial charge in [-0.1, -0.05) is 18.0 Å². The van der Waals surface area contributed by atoms with E-state index in [2.05, 4.69) is 9.80 Å². The number of nitrogens with zero attached hydrogens (tertiary/aromatic N) is 2. The SMILES string of the molecule is Fc1ccc(N2CCCN3CCCCC3C2)cc1Cl. The van der Waals surface area contributed by atoms with Gasteiger partial charge in [-0.05, 0) is 44.0 Å². The van der Waals surface area contributed by atoms with E-state index in [1.54, 1.807) is 6.07 Å². The van der Waals surface area contributed by atoms with E-state index in [0.29, 0.717) is 6.04 Å². The second-order valence-electron chi connectivity index (χ2n) is 5.58. The third-order valence-corrected chi connectivity index (χ3v) is 4.61. The summed E-state index contributed by atoms with van der Waals surface area (Å²) in [5, 5.41) is 0.224. The predicted molar refractivity (Wildman–Crippen MR) is 77.5 cm³/mol. The standard InChI is InChI=1S/C15H20ClFN2/c16-14-10-12(5-6-15(14)17)19-9-3-8-18-7-2-1-4-13(18)11-19/h5-6,10,13H,1-4,7-9,11H2. The van der Waals surface area contributed by atoms with Crippen LogP contribution in [0.2, 0.25) is 5.02 Å².